The van der Waals surface area contributed by atoms with Gasteiger partial charge < -0.3 is 0 Å². The number of hydrogen-bond acceptors (Lipinski definition) is 1. The summed E-state index contributed by atoms with van der Waals surface area (Å²) in [6.07, 6.45) is -14.2. The first-order valence-electron chi connectivity index (χ1n) is 3.43. The van der Waals surface area contributed by atoms with Gasteiger partial charge in [0.2, 0.25) is 0 Å². The normalized spacial score (nSPS) is 16.0. The van der Waals surface area contributed by atoms with E-state index >= 15 is 0 Å². The summed E-state index contributed by atoms with van der Waals surface area (Å²) in [6, 6.07) is 0. The number of hydrogen-bond donors (Lipinski definition) is 0. The van der Waals surface area contributed by atoms with Gasteiger partial charge in [0.05, 0.1) is 0 Å². The predicted octanol–water partition coefficient (Wildman–Crippen LogP) is 3.77. The summed E-state index contributed by atoms with van der Waals surface area (Å²) in [5.41, 5.74) is 0. The lowest BCUT2D eigenvalue weighted by Gasteiger charge is -2.32. The topological polar surface area (TPSA) is 9.23 Å². The first-order valence-corrected chi connectivity index (χ1v) is 4.97. The molecule has 18 heavy (non-hydrogen) atoms. The van der Waals surface area contributed by atoms with Crippen LogP contribution in [0.2, 0.25) is 0 Å². The van der Waals surface area contributed by atoms with Gasteiger partial charge in [-0.3, -0.25) is 4.43 Å². The van der Waals surface area contributed by atoms with Gasteiger partial charge in [-0.15, -0.1) is 0 Å². The molecule has 0 N–H and O–H groups in total. The fourth-order valence-electron chi connectivity index (χ4n) is 0.570. The Morgan fingerprint density at radius 3 is 1.17 bits per heavy atom. The zero-order chi connectivity index (χ0) is 15.2. The molecule has 0 atom stereocenters. The van der Waals surface area contributed by atoms with E-state index in [0.29, 0.717) is 0 Å². The molecule has 1 nitrogen and oxygen atoms in total. The van der Waals surface area contributed by atoms with Crippen molar-refractivity contribution in [2.75, 3.05) is 0 Å². The van der Waals surface area contributed by atoms with Crippen LogP contribution in [0, 0.1) is 0 Å². The smallest absolute Gasteiger partial charge is 0.276 e. The van der Waals surface area contributed by atoms with Gasteiger partial charge in [0.25, 0.3) is 0 Å². The molecule has 0 aromatic heterocycles. The van der Waals surface area contributed by atoms with E-state index in [9.17, 15) is 51.8 Å². The first kappa shape index (κ1) is 17.3. The highest BCUT2D eigenvalue weighted by Gasteiger charge is 2.84. The molecule has 0 bridgehead atoms. The molecule has 110 valence electrons. The van der Waals surface area contributed by atoms with Gasteiger partial charge in [-0.1, -0.05) is 0 Å². The van der Waals surface area contributed by atoms with Gasteiger partial charge in [0, 0.05) is 0 Å². The van der Waals surface area contributed by atoms with Crippen LogP contribution in [0.1, 0.15) is 0 Å². The van der Waals surface area contributed by atoms with Gasteiger partial charge >= 0.3 is 33.4 Å². The third-order valence-electron chi connectivity index (χ3n) is 1.36. The second kappa shape index (κ2) is 4.18. The van der Waals surface area contributed by atoms with Crippen LogP contribution < -0.4 is 0 Å². The Labute approximate surface area is 91.0 Å². The maximum Gasteiger partial charge on any atom is 0.807 e. The largest absolute Gasteiger partial charge is 0.807 e. The van der Waals surface area contributed by atoms with E-state index in [1.807, 2.05) is 0 Å². The molecule has 0 aliphatic carbocycles. The molecule has 0 aromatic rings. The zero-order valence-corrected chi connectivity index (χ0v) is 8.44. The van der Waals surface area contributed by atoms with Crippen LogP contribution in [0.5, 0.6) is 0 Å². The molecule has 0 amide bonds. The molecule has 0 fully saturated rings. The molecule has 0 saturated carbocycles. The quantitative estimate of drug-likeness (QED) is 0.435. The molecule has 0 radical (unpaired) electrons. The molecular weight excluding hydrogens is 320 g/mol. The van der Waals surface area contributed by atoms with Crippen molar-refractivity contribution in [3.8, 4) is 0 Å². The predicted molar refractivity (Wildman–Crippen MR) is 31.1 cm³/mol. The van der Waals surface area contributed by atoms with Crippen LogP contribution in [0.15, 0.2) is 0 Å². The highest BCUT2D eigenvalue weighted by atomic mass is 28.5. The minimum Gasteiger partial charge on any atom is -0.276 e. The maximum atomic E-state index is 12.2. The fourth-order valence-corrected chi connectivity index (χ4v) is 0.989. The molecule has 0 aromatic carbocycles. The van der Waals surface area contributed by atoms with Crippen LogP contribution in [-0.4, -0.2) is 33.4 Å². The highest BCUT2D eigenvalue weighted by Crippen LogP contribution is 2.54. The minimum absolute atomic E-state index is 1.45. The Bertz CT molecular complexity index is 300. The molecule has 0 aliphatic heterocycles. The summed E-state index contributed by atoms with van der Waals surface area (Å²) in [6.45, 7) is 0. The van der Waals surface area contributed by atoms with Crippen molar-refractivity contribution in [3.63, 3.8) is 0 Å². The summed E-state index contributed by atoms with van der Waals surface area (Å²) < 4.78 is 142. The molecule has 14 heteroatoms. The van der Waals surface area contributed by atoms with E-state index < -0.39 is 33.4 Å². The van der Waals surface area contributed by atoms with Crippen LogP contribution in [0.4, 0.5) is 51.8 Å². The van der Waals surface area contributed by atoms with E-state index in [2.05, 4.69) is 0 Å². The molecular formula is C4F12OSi. The Morgan fingerprint density at radius 1 is 0.611 bits per heavy atom. The van der Waals surface area contributed by atoms with E-state index in [1.165, 1.54) is 4.43 Å². The van der Waals surface area contributed by atoms with Gasteiger partial charge in [-0.25, -0.2) is 12.3 Å². The summed E-state index contributed by atoms with van der Waals surface area (Å²) in [5, 5.41) is 0. The maximum absolute atomic E-state index is 12.2. The second-order valence-electron chi connectivity index (χ2n) is 2.71. The van der Waals surface area contributed by atoms with E-state index in [1.54, 1.807) is 0 Å². The van der Waals surface area contributed by atoms with Crippen LogP contribution in [-0.2, 0) is 4.43 Å². The third-order valence-corrected chi connectivity index (χ3v) is 1.85. The average molecular weight is 320 g/mol. The number of halogens is 12. The lowest BCUT2D eigenvalue weighted by atomic mass is 10.1. The average Bonchev–Trinajstić information content (AvgIpc) is 1.95. The van der Waals surface area contributed by atoms with E-state index in [4.69, 9.17) is 0 Å². The van der Waals surface area contributed by atoms with Gasteiger partial charge in [0.1, 0.15) is 0 Å². The Kier molecular flexibility index (Phi) is 4.02. The van der Waals surface area contributed by atoms with Crippen molar-refractivity contribution < 1.29 is 56.3 Å². The molecule has 0 saturated heterocycles. The fraction of sp³-hybridized carbons (Fsp3) is 1.00. The summed E-state index contributed by atoms with van der Waals surface area (Å²) in [5.74, 6) is -14.8. The Hall–Kier alpha value is -0.663. The van der Waals surface area contributed by atoms with Crippen LogP contribution >= 0.6 is 0 Å². The summed E-state index contributed by atoms with van der Waals surface area (Å²) >= 11 is 0. The molecule has 0 rings (SSSR count). The summed E-state index contributed by atoms with van der Waals surface area (Å²) in [7, 11) is -7.97. The monoisotopic (exact) mass is 320 g/mol. The van der Waals surface area contributed by atoms with Crippen molar-refractivity contribution >= 4 is 9.32 Å². The van der Waals surface area contributed by atoms with Crippen molar-refractivity contribution in [2.45, 2.75) is 24.1 Å². The third kappa shape index (κ3) is 3.01. The summed E-state index contributed by atoms with van der Waals surface area (Å²) in [4.78, 5) is 0. The van der Waals surface area contributed by atoms with Gasteiger partial charge in [0.15, 0.2) is 0 Å². The molecule has 0 aliphatic rings. The lowest BCUT2D eigenvalue weighted by Crippen LogP contribution is -2.63. The Balaban J connectivity index is 5.50. The van der Waals surface area contributed by atoms with Crippen molar-refractivity contribution in [3.05, 3.63) is 0 Å². The SMILES string of the molecule is FC(F)(F)C(F)(F)C(F)(F)C(F)(F)O[Si](F)(F)F. The number of rotatable bonds is 4. The van der Waals surface area contributed by atoms with Crippen molar-refractivity contribution in [2.24, 2.45) is 0 Å². The first-order chi connectivity index (χ1) is 7.46. The molecule has 0 spiro atoms. The molecule has 0 unspecified atom stereocenters. The van der Waals surface area contributed by atoms with E-state index in [-0.39, 0.29) is 0 Å². The number of alkyl halides is 9. The van der Waals surface area contributed by atoms with Gasteiger partial charge in [-0.2, -0.15) is 39.5 Å². The van der Waals surface area contributed by atoms with Crippen LogP contribution in [0.25, 0.3) is 0 Å². The van der Waals surface area contributed by atoms with Crippen molar-refractivity contribution in [1.29, 1.82) is 0 Å². The van der Waals surface area contributed by atoms with E-state index in [0.717, 1.165) is 0 Å². The molecule has 0 heterocycles. The zero-order valence-electron chi connectivity index (χ0n) is 7.44. The lowest BCUT2D eigenvalue weighted by molar-refractivity contribution is -0.433. The second-order valence-corrected chi connectivity index (χ2v) is 3.81. The van der Waals surface area contributed by atoms with Crippen molar-refractivity contribution in [1.82, 2.24) is 0 Å². The highest BCUT2D eigenvalue weighted by molar-refractivity contribution is 6.51. The van der Waals surface area contributed by atoms with Gasteiger partial charge in [-0.05, 0) is 0 Å². The van der Waals surface area contributed by atoms with Crippen LogP contribution in [0.3, 0.4) is 0 Å². The minimum atomic E-state index is -7.97. The Morgan fingerprint density at radius 2 is 0.944 bits per heavy atom. The standard InChI is InChI=1S/C4F12OSi/c5-1(6,3(9,10)11)2(7,8)4(12,13)17-18(14,15)16.